The van der Waals surface area contributed by atoms with Gasteiger partial charge in [-0.05, 0) is 18.2 Å². The molecule has 0 bridgehead atoms. The van der Waals surface area contributed by atoms with E-state index >= 15 is 0 Å². The standard InChI is InChI=1S/C13H18N2O4S2/c1-2-21(18,19)12-8-20-6-5-15(12)11-7-9(14)3-4-10(11)13(16)17/h3-4,7,12H,2,5-6,8,14H2,1H3,(H,16,17). The summed E-state index contributed by atoms with van der Waals surface area (Å²) in [4.78, 5) is 13.0. The van der Waals surface area contributed by atoms with E-state index in [9.17, 15) is 18.3 Å². The van der Waals surface area contributed by atoms with E-state index in [4.69, 9.17) is 5.73 Å². The maximum absolute atomic E-state index is 12.3. The van der Waals surface area contributed by atoms with Gasteiger partial charge in [-0.3, -0.25) is 0 Å². The minimum atomic E-state index is -3.30. The number of hydrogen-bond donors (Lipinski definition) is 2. The molecule has 8 heteroatoms. The zero-order valence-corrected chi connectivity index (χ0v) is 13.3. The summed E-state index contributed by atoms with van der Waals surface area (Å²) in [6.07, 6.45) is 0. The number of aromatic carboxylic acids is 1. The first-order chi connectivity index (χ1) is 9.86. The van der Waals surface area contributed by atoms with Crippen molar-refractivity contribution in [3.63, 3.8) is 0 Å². The van der Waals surface area contributed by atoms with Crippen LogP contribution >= 0.6 is 11.8 Å². The van der Waals surface area contributed by atoms with Crippen LogP contribution in [0.25, 0.3) is 0 Å². The van der Waals surface area contributed by atoms with Crippen molar-refractivity contribution in [2.24, 2.45) is 0 Å². The Morgan fingerprint density at radius 3 is 2.86 bits per heavy atom. The number of carbonyl (C=O) groups is 1. The van der Waals surface area contributed by atoms with Crippen LogP contribution in [0.15, 0.2) is 18.2 Å². The van der Waals surface area contributed by atoms with Crippen molar-refractivity contribution < 1.29 is 18.3 Å². The summed E-state index contributed by atoms with van der Waals surface area (Å²) < 4.78 is 24.5. The number of carboxylic acid groups (broad SMARTS) is 1. The Bertz CT molecular complexity index is 646. The highest BCUT2D eigenvalue weighted by Crippen LogP contribution is 2.31. The molecule has 2 rings (SSSR count). The first-order valence-corrected chi connectivity index (χ1v) is 9.42. The molecule has 116 valence electrons. The third kappa shape index (κ3) is 3.26. The number of thioether (sulfide) groups is 1. The summed E-state index contributed by atoms with van der Waals surface area (Å²) in [6, 6.07) is 4.47. The number of nitrogens with zero attached hydrogens (tertiary/aromatic N) is 1. The van der Waals surface area contributed by atoms with Crippen molar-refractivity contribution in [1.29, 1.82) is 0 Å². The summed E-state index contributed by atoms with van der Waals surface area (Å²) >= 11 is 1.56. The summed E-state index contributed by atoms with van der Waals surface area (Å²) in [7, 11) is -3.30. The molecule has 1 saturated heterocycles. The molecular weight excluding hydrogens is 312 g/mol. The minimum absolute atomic E-state index is 0.0272. The quantitative estimate of drug-likeness (QED) is 0.802. The van der Waals surface area contributed by atoms with Gasteiger partial charge in [-0.1, -0.05) is 6.92 Å². The number of nitrogen functional groups attached to an aromatic ring is 1. The molecule has 0 spiro atoms. The number of sulfone groups is 1. The van der Waals surface area contributed by atoms with E-state index in [1.807, 2.05) is 0 Å². The van der Waals surface area contributed by atoms with Gasteiger partial charge in [-0.15, -0.1) is 0 Å². The predicted octanol–water partition coefficient (Wildman–Crippen LogP) is 1.28. The second kappa shape index (κ2) is 6.15. The third-order valence-electron chi connectivity index (χ3n) is 3.46. The number of carboxylic acids is 1. The van der Waals surface area contributed by atoms with Gasteiger partial charge in [0.1, 0.15) is 5.37 Å². The molecule has 1 atom stereocenters. The van der Waals surface area contributed by atoms with E-state index in [0.717, 1.165) is 5.75 Å². The van der Waals surface area contributed by atoms with Crippen LogP contribution in [0.1, 0.15) is 17.3 Å². The Kier molecular flexibility index (Phi) is 4.67. The average molecular weight is 330 g/mol. The van der Waals surface area contributed by atoms with E-state index in [2.05, 4.69) is 0 Å². The Morgan fingerprint density at radius 1 is 1.52 bits per heavy atom. The first kappa shape index (κ1) is 16.0. The van der Waals surface area contributed by atoms with E-state index in [0.29, 0.717) is 23.7 Å². The lowest BCUT2D eigenvalue weighted by atomic mass is 10.1. The molecule has 0 amide bonds. The zero-order chi connectivity index (χ0) is 15.6. The van der Waals surface area contributed by atoms with Crippen molar-refractivity contribution in [1.82, 2.24) is 0 Å². The van der Waals surface area contributed by atoms with E-state index in [-0.39, 0.29) is 11.3 Å². The van der Waals surface area contributed by atoms with Crippen LogP contribution in [0.3, 0.4) is 0 Å². The second-order valence-electron chi connectivity index (χ2n) is 4.76. The Hall–Kier alpha value is -1.41. The summed E-state index contributed by atoms with van der Waals surface area (Å²) in [5.41, 5.74) is 6.62. The van der Waals surface area contributed by atoms with Gasteiger partial charge in [-0.2, -0.15) is 11.8 Å². The molecule has 0 radical (unpaired) electrons. The Balaban J connectivity index is 2.52. The Morgan fingerprint density at radius 2 is 2.24 bits per heavy atom. The van der Waals surface area contributed by atoms with Crippen LogP contribution < -0.4 is 10.6 Å². The minimum Gasteiger partial charge on any atom is -0.478 e. The van der Waals surface area contributed by atoms with E-state index < -0.39 is 21.2 Å². The smallest absolute Gasteiger partial charge is 0.337 e. The van der Waals surface area contributed by atoms with Crippen LogP contribution in [0.4, 0.5) is 11.4 Å². The van der Waals surface area contributed by atoms with Gasteiger partial charge in [0.2, 0.25) is 0 Å². The molecule has 3 N–H and O–H groups in total. The topological polar surface area (TPSA) is 101 Å². The molecule has 1 aromatic rings. The predicted molar refractivity (Wildman–Crippen MR) is 85.7 cm³/mol. The molecule has 1 aliphatic rings. The zero-order valence-electron chi connectivity index (χ0n) is 11.7. The van der Waals surface area contributed by atoms with Crippen LogP contribution in [0, 0.1) is 0 Å². The molecule has 1 heterocycles. The van der Waals surface area contributed by atoms with Gasteiger partial charge in [-0.25, -0.2) is 13.2 Å². The SMILES string of the molecule is CCS(=O)(=O)C1CSCCN1c1cc(N)ccc1C(=O)O. The summed E-state index contributed by atoms with van der Waals surface area (Å²) in [5, 5.41) is 8.60. The third-order valence-corrected chi connectivity index (χ3v) is 6.75. The largest absolute Gasteiger partial charge is 0.478 e. The lowest BCUT2D eigenvalue weighted by Crippen LogP contribution is -2.48. The maximum atomic E-state index is 12.3. The van der Waals surface area contributed by atoms with Crippen molar-refractivity contribution in [2.75, 3.05) is 34.4 Å². The maximum Gasteiger partial charge on any atom is 0.337 e. The van der Waals surface area contributed by atoms with Crippen molar-refractivity contribution >= 4 is 38.9 Å². The van der Waals surface area contributed by atoms with Crippen molar-refractivity contribution in [3.05, 3.63) is 23.8 Å². The molecule has 21 heavy (non-hydrogen) atoms. The first-order valence-electron chi connectivity index (χ1n) is 6.55. The molecule has 0 aromatic heterocycles. The van der Waals surface area contributed by atoms with Gasteiger partial charge < -0.3 is 15.7 Å². The Labute approximate surface area is 128 Å². The molecule has 0 saturated carbocycles. The van der Waals surface area contributed by atoms with Gasteiger partial charge >= 0.3 is 5.97 Å². The number of anilines is 2. The summed E-state index contributed by atoms with van der Waals surface area (Å²) in [5.74, 6) is 0.128. The normalized spacial score (nSPS) is 19.5. The fourth-order valence-corrected chi connectivity index (χ4v) is 5.30. The van der Waals surface area contributed by atoms with Gasteiger partial charge in [0.15, 0.2) is 9.84 Å². The molecule has 0 aliphatic carbocycles. The monoisotopic (exact) mass is 330 g/mol. The summed E-state index contributed by atoms with van der Waals surface area (Å²) in [6.45, 7) is 2.09. The van der Waals surface area contributed by atoms with Gasteiger partial charge in [0.25, 0.3) is 0 Å². The lowest BCUT2D eigenvalue weighted by Gasteiger charge is -2.37. The lowest BCUT2D eigenvalue weighted by molar-refractivity contribution is 0.0697. The number of nitrogens with two attached hydrogens (primary N) is 1. The average Bonchev–Trinajstić information content (AvgIpc) is 2.46. The van der Waals surface area contributed by atoms with Crippen LogP contribution in [-0.4, -0.2) is 48.7 Å². The van der Waals surface area contributed by atoms with Gasteiger partial charge in [0.05, 0.1) is 11.3 Å². The highest BCUT2D eigenvalue weighted by Gasteiger charge is 2.34. The van der Waals surface area contributed by atoms with Crippen LogP contribution in [0.2, 0.25) is 0 Å². The molecule has 1 fully saturated rings. The molecule has 1 unspecified atom stereocenters. The highest BCUT2D eigenvalue weighted by molar-refractivity contribution is 8.01. The van der Waals surface area contributed by atoms with E-state index in [1.165, 1.54) is 18.2 Å². The molecule has 1 aliphatic heterocycles. The fraction of sp³-hybridized carbons (Fsp3) is 0.462. The fourth-order valence-electron chi connectivity index (χ4n) is 2.31. The second-order valence-corrected chi connectivity index (χ2v) is 8.35. The molecular formula is C13H18N2O4S2. The van der Waals surface area contributed by atoms with Crippen molar-refractivity contribution in [3.8, 4) is 0 Å². The van der Waals surface area contributed by atoms with E-state index in [1.54, 1.807) is 23.6 Å². The number of rotatable bonds is 4. The van der Waals surface area contributed by atoms with Crippen LogP contribution in [0.5, 0.6) is 0 Å². The highest BCUT2D eigenvalue weighted by atomic mass is 32.2. The molecule has 6 nitrogen and oxygen atoms in total. The number of benzene rings is 1. The van der Waals surface area contributed by atoms with Crippen molar-refractivity contribution in [2.45, 2.75) is 12.3 Å². The molecule has 1 aromatic carbocycles. The van der Waals surface area contributed by atoms with Crippen LogP contribution in [-0.2, 0) is 9.84 Å². The van der Waals surface area contributed by atoms with Gasteiger partial charge in [0, 0.05) is 29.5 Å². The number of hydrogen-bond acceptors (Lipinski definition) is 6.